The van der Waals surface area contributed by atoms with E-state index in [1.165, 1.54) is 5.56 Å². The number of rotatable bonds is 2. The van der Waals surface area contributed by atoms with Crippen LogP contribution in [0.3, 0.4) is 0 Å². The number of aromatic amines is 1. The van der Waals surface area contributed by atoms with Crippen molar-refractivity contribution in [3.63, 3.8) is 0 Å². The Labute approximate surface area is 88.0 Å². The van der Waals surface area contributed by atoms with Gasteiger partial charge in [-0.1, -0.05) is 24.3 Å². The quantitative estimate of drug-likeness (QED) is 0.752. The molecule has 1 aromatic carbocycles. The average Bonchev–Trinajstić information content (AvgIpc) is 2.70. The van der Waals surface area contributed by atoms with Gasteiger partial charge in [0.1, 0.15) is 5.38 Å². The third-order valence-electron chi connectivity index (χ3n) is 2.24. The highest BCUT2D eigenvalue weighted by molar-refractivity contribution is 6.22. The molecule has 0 aliphatic rings. The Kier molecular flexibility index (Phi) is 2.55. The second kappa shape index (κ2) is 3.84. The number of alkyl halides is 1. The summed E-state index contributed by atoms with van der Waals surface area (Å²) in [6, 6.07) is 8.08. The zero-order valence-corrected chi connectivity index (χ0v) is 8.62. The van der Waals surface area contributed by atoms with E-state index < -0.39 is 0 Å². The predicted octanol–water partition coefficient (Wildman–Crippen LogP) is 3.05. The Bertz CT molecular complexity index is 409. The van der Waals surface area contributed by atoms with Gasteiger partial charge in [0.25, 0.3) is 0 Å². The maximum Gasteiger partial charge on any atom is 0.102 e. The summed E-state index contributed by atoms with van der Waals surface area (Å²) in [5.41, 5.74) is 3.16. The number of nitrogens with one attached hydrogen (secondary N) is 1. The van der Waals surface area contributed by atoms with E-state index in [0.29, 0.717) is 0 Å². The summed E-state index contributed by atoms with van der Waals surface area (Å²) in [6.45, 7) is 2.05. The molecule has 1 unspecified atom stereocenters. The van der Waals surface area contributed by atoms with Gasteiger partial charge >= 0.3 is 0 Å². The molecule has 14 heavy (non-hydrogen) atoms. The van der Waals surface area contributed by atoms with Gasteiger partial charge in [-0.05, 0) is 18.1 Å². The van der Waals surface area contributed by atoms with Gasteiger partial charge in [-0.2, -0.15) is 0 Å². The van der Waals surface area contributed by atoms with Gasteiger partial charge < -0.3 is 4.98 Å². The van der Waals surface area contributed by atoms with Gasteiger partial charge in [-0.15, -0.1) is 11.6 Å². The molecule has 0 saturated heterocycles. The number of halogens is 1. The Morgan fingerprint density at radius 3 is 2.79 bits per heavy atom. The number of hydrogen-bond acceptors (Lipinski definition) is 1. The molecule has 0 radical (unpaired) electrons. The third kappa shape index (κ3) is 1.66. The maximum atomic E-state index is 6.30. The fraction of sp³-hybridized carbons (Fsp3) is 0.182. The topological polar surface area (TPSA) is 28.7 Å². The molecule has 1 heterocycles. The van der Waals surface area contributed by atoms with E-state index in [0.717, 1.165) is 11.3 Å². The molecule has 2 aromatic rings. The number of benzene rings is 1. The van der Waals surface area contributed by atoms with E-state index in [-0.39, 0.29) is 5.38 Å². The van der Waals surface area contributed by atoms with Crippen molar-refractivity contribution in [3.8, 4) is 0 Å². The summed E-state index contributed by atoms with van der Waals surface area (Å²) in [5, 5.41) is -0.164. The van der Waals surface area contributed by atoms with E-state index in [1.54, 1.807) is 6.33 Å². The van der Waals surface area contributed by atoms with Crippen LogP contribution in [0, 0.1) is 6.92 Å². The lowest BCUT2D eigenvalue weighted by Gasteiger charge is -2.09. The molecule has 0 amide bonds. The molecule has 1 aromatic heterocycles. The van der Waals surface area contributed by atoms with Gasteiger partial charge in [-0.3, -0.25) is 0 Å². The fourth-order valence-electron chi connectivity index (χ4n) is 1.44. The number of imidazole rings is 1. The smallest absolute Gasteiger partial charge is 0.102 e. The first-order valence-corrected chi connectivity index (χ1v) is 4.91. The van der Waals surface area contributed by atoms with E-state index >= 15 is 0 Å². The summed E-state index contributed by atoms with van der Waals surface area (Å²) in [7, 11) is 0. The Morgan fingerprint density at radius 1 is 1.36 bits per heavy atom. The second-order valence-corrected chi connectivity index (χ2v) is 3.65. The van der Waals surface area contributed by atoms with Crippen LogP contribution >= 0.6 is 11.6 Å². The van der Waals surface area contributed by atoms with Crippen molar-refractivity contribution >= 4 is 11.6 Å². The molecular weight excluding hydrogens is 196 g/mol. The van der Waals surface area contributed by atoms with Crippen LogP contribution < -0.4 is 0 Å². The van der Waals surface area contributed by atoms with Crippen LogP contribution in [0.2, 0.25) is 0 Å². The summed E-state index contributed by atoms with van der Waals surface area (Å²) in [4.78, 5) is 7.05. The number of nitrogens with zero attached hydrogens (tertiary/aromatic N) is 1. The van der Waals surface area contributed by atoms with Crippen molar-refractivity contribution in [1.29, 1.82) is 0 Å². The highest BCUT2D eigenvalue weighted by Gasteiger charge is 2.13. The fourth-order valence-corrected chi connectivity index (χ4v) is 1.80. The van der Waals surface area contributed by atoms with E-state index in [4.69, 9.17) is 11.6 Å². The largest absolute Gasteiger partial charge is 0.351 e. The highest BCUT2D eigenvalue weighted by atomic mass is 35.5. The van der Waals surface area contributed by atoms with E-state index in [9.17, 15) is 0 Å². The van der Waals surface area contributed by atoms with Crippen molar-refractivity contribution < 1.29 is 0 Å². The van der Waals surface area contributed by atoms with Crippen molar-refractivity contribution in [2.75, 3.05) is 0 Å². The Balaban J connectivity index is 2.37. The minimum absolute atomic E-state index is 0.164. The summed E-state index contributed by atoms with van der Waals surface area (Å²) >= 11 is 6.30. The molecule has 1 N–H and O–H groups in total. The van der Waals surface area contributed by atoms with Gasteiger partial charge in [0, 0.05) is 6.20 Å². The van der Waals surface area contributed by atoms with Crippen molar-refractivity contribution in [2.45, 2.75) is 12.3 Å². The van der Waals surface area contributed by atoms with Gasteiger partial charge in [0.15, 0.2) is 0 Å². The van der Waals surface area contributed by atoms with Crippen LogP contribution in [0.1, 0.15) is 22.2 Å². The molecule has 1 atom stereocenters. The molecule has 2 nitrogen and oxygen atoms in total. The molecule has 3 heteroatoms. The number of aromatic nitrogens is 2. The molecule has 0 aliphatic heterocycles. The molecule has 0 fully saturated rings. The van der Waals surface area contributed by atoms with Crippen LogP contribution in [0.4, 0.5) is 0 Å². The van der Waals surface area contributed by atoms with Crippen LogP contribution in [0.25, 0.3) is 0 Å². The first-order valence-electron chi connectivity index (χ1n) is 4.47. The summed E-state index contributed by atoms with van der Waals surface area (Å²) in [6.07, 6.45) is 3.47. The van der Waals surface area contributed by atoms with E-state index in [2.05, 4.69) is 23.0 Å². The summed E-state index contributed by atoms with van der Waals surface area (Å²) in [5.74, 6) is 0. The molecule has 0 aliphatic carbocycles. The number of aryl methyl sites for hydroxylation is 1. The van der Waals surface area contributed by atoms with Crippen LogP contribution in [0.15, 0.2) is 36.8 Å². The lowest BCUT2D eigenvalue weighted by molar-refractivity contribution is 1.05. The highest BCUT2D eigenvalue weighted by Crippen LogP contribution is 2.28. The zero-order chi connectivity index (χ0) is 9.97. The minimum Gasteiger partial charge on any atom is -0.351 e. The van der Waals surface area contributed by atoms with Crippen molar-refractivity contribution in [2.24, 2.45) is 0 Å². The lowest BCUT2D eigenvalue weighted by Crippen LogP contribution is -1.95. The Morgan fingerprint density at radius 2 is 2.14 bits per heavy atom. The molecule has 0 spiro atoms. The standard InChI is InChI=1S/C11H11ClN2/c1-8-4-2-3-5-9(8)11(12)10-6-13-7-14-10/h2-7,11H,1H3,(H,13,14). The first kappa shape index (κ1) is 9.28. The Hall–Kier alpha value is -1.28. The molecular formula is C11H11ClN2. The molecule has 0 bridgehead atoms. The predicted molar refractivity (Wildman–Crippen MR) is 57.5 cm³/mol. The summed E-state index contributed by atoms with van der Waals surface area (Å²) < 4.78 is 0. The monoisotopic (exact) mass is 206 g/mol. The molecule has 2 rings (SSSR count). The van der Waals surface area contributed by atoms with Crippen molar-refractivity contribution in [3.05, 3.63) is 53.6 Å². The van der Waals surface area contributed by atoms with Gasteiger partial charge in [0.05, 0.1) is 12.0 Å². The van der Waals surface area contributed by atoms with Gasteiger partial charge in [0.2, 0.25) is 0 Å². The minimum atomic E-state index is -0.164. The zero-order valence-electron chi connectivity index (χ0n) is 7.87. The SMILES string of the molecule is Cc1ccccc1C(Cl)c1c[nH]cn1. The van der Waals surface area contributed by atoms with Gasteiger partial charge in [-0.25, -0.2) is 4.98 Å². The van der Waals surface area contributed by atoms with Crippen molar-refractivity contribution in [1.82, 2.24) is 9.97 Å². The average molecular weight is 207 g/mol. The van der Waals surface area contributed by atoms with E-state index in [1.807, 2.05) is 24.4 Å². The van der Waals surface area contributed by atoms with Crippen LogP contribution in [-0.4, -0.2) is 9.97 Å². The van der Waals surface area contributed by atoms with Crippen LogP contribution in [-0.2, 0) is 0 Å². The normalized spacial score (nSPS) is 12.7. The maximum absolute atomic E-state index is 6.30. The molecule has 0 saturated carbocycles. The number of hydrogen-bond donors (Lipinski definition) is 1. The molecule has 72 valence electrons. The third-order valence-corrected chi connectivity index (χ3v) is 2.70. The number of H-pyrrole nitrogens is 1. The lowest BCUT2D eigenvalue weighted by atomic mass is 10.0. The second-order valence-electron chi connectivity index (χ2n) is 3.21. The van der Waals surface area contributed by atoms with Crippen LogP contribution in [0.5, 0.6) is 0 Å². The first-order chi connectivity index (χ1) is 6.79.